The number of quaternary nitrogens is 1. The van der Waals surface area contributed by atoms with E-state index in [4.69, 9.17) is 0 Å². The third kappa shape index (κ3) is 6.93. The highest BCUT2D eigenvalue weighted by atomic mass is 32.2. The van der Waals surface area contributed by atoms with Crippen LogP contribution in [-0.2, 0) is 9.59 Å². The molecule has 0 aliphatic rings. The summed E-state index contributed by atoms with van der Waals surface area (Å²) >= 11 is 1.60. The number of carbonyl (C=O) groups is 2. The molecule has 0 aliphatic carbocycles. The van der Waals surface area contributed by atoms with Gasteiger partial charge in [0.05, 0.1) is 12.7 Å². The third-order valence-corrected chi connectivity index (χ3v) is 4.61. The zero-order valence-corrected chi connectivity index (χ0v) is 16.0. The Labute approximate surface area is 149 Å². The van der Waals surface area contributed by atoms with E-state index in [1.807, 2.05) is 49.4 Å². The highest BCUT2D eigenvalue weighted by Gasteiger charge is 2.18. The van der Waals surface area contributed by atoms with E-state index >= 15 is 0 Å². The van der Waals surface area contributed by atoms with Gasteiger partial charge >= 0.3 is 0 Å². The van der Waals surface area contributed by atoms with Crippen molar-refractivity contribution in [3.63, 3.8) is 0 Å². The molecule has 6 heteroatoms. The summed E-state index contributed by atoms with van der Waals surface area (Å²) in [5, 5.41) is 2.94. The van der Waals surface area contributed by atoms with Gasteiger partial charge in [-0.1, -0.05) is 25.5 Å². The lowest BCUT2D eigenvalue weighted by atomic mass is 10.3. The van der Waals surface area contributed by atoms with Crippen molar-refractivity contribution in [2.75, 3.05) is 44.8 Å². The summed E-state index contributed by atoms with van der Waals surface area (Å²) in [5.41, 5.74) is 0.826. The predicted octanol–water partition coefficient (Wildman–Crippen LogP) is 1.51. The van der Waals surface area contributed by atoms with Gasteiger partial charge < -0.3 is 15.1 Å². The average molecular weight is 353 g/mol. The minimum Gasteiger partial charge on any atom is -0.338 e. The highest BCUT2D eigenvalue weighted by Crippen LogP contribution is 2.24. The van der Waals surface area contributed by atoms with Crippen molar-refractivity contribution in [3.8, 4) is 0 Å². The molecule has 1 rings (SSSR count). The standard InChI is InChI=1S/C18H29N3O2S/c1-5-7-12-21(6-2)18(23)14-20(3)13-17(22)19-15-10-8-9-11-16(15)24-4/h8-11H,5-7,12-14H2,1-4H3,(H,19,22)/p+1. The molecule has 1 unspecified atom stereocenters. The average Bonchev–Trinajstić information content (AvgIpc) is 2.55. The van der Waals surface area contributed by atoms with E-state index in [1.165, 1.54) is 0 Å². The van der Waals surface area contributed by atoms with E-state index in [9.17, 15) is 9.59 Å². The molecule has 0 radical (unpaired) electrons. The first-order valence-corrected chi connectivity index (χ1v) is 9.76. The summed E-state index contributed by atoms with van der Waals surface area (Å²) in [6, 6.07) is 7.73. The minimum absolute atomic E-state index is 0.0709. The van der Waals surface area contributed by atoms with Crippen molar-refractivity contribution < 1.29 is 14.5 Å². The summed E-state index contributed by atoms with van der Waals surface area (Å²) < 4.78 is 0. The number of unbranched alkanes of at least 4 members (excludes halogenated alkanes) is 1. The molecule has 134 valence electrons. The van der Waals surface area contributed by atoms with Crippen LogP contribution < -0.4 is 10.2 Å². The quantitative estimate of drug-likeness (QED) is 0.628. The molecule has 0 bridgehead atoms. The van der Waals surface area contributed by atoms with E-state index in [1.54, 1.807) is 11.8 Å². The summed E-state index contributed by atoms with van der Waals surface area (Å²) in [6.07, 6.45) is 4.07. The van der Waals surface area contributed by atoms with Crippen LogP contribution in [0.15, 0.2) is 29.2 Å². The monoisotopic (exact) mass is 352 g/mol. The number of amides is 2. The van der Waals surface area contributed by atoms with Crippen LogP contribution in [0.5, 0.6) is 0 Å². The second kappa shape index (κ2) is 11.1. The number of carbonyl (C=O) groups excluding carboxylic acids is 2. The third-order valence-electron chi connectivity index (χ3n) is 3.81. The minimum atomic E-state index is -0.0709. The first-order valence-electron chi connectivity index (χ1n) is 8.53. The van der Waals surface area contributed by atoms with Gasteiger partial charge in [-0.15, -0.1) is 11.8 Å². The van der Waals surface area contributed by atoms with Crippen LogP contribution in [0, 0.1) is 0 Å². The molecule has 0 aromatic heterocycles. The Morgan fingerprint density at radius 1 is 1.21 bits per heavy atom. The molecule has 0 saturated carbocycles. The number of thioether (sulfide) groups is 1. The lowest BCUT2D eigenvalue weighted by Crippen LogP contribution is -3.11. The number of likely N-dealkylation sites (N-methyl/N-ethyl adjacent to an activating group) is 2. The molecular weight excluding hydrogens is 322 g/mol. The Morgan fingerprint density at radius 2 is 1.92 bits per heavy atom. The number of para-hydroxylation sites is 1. The maximum atomic E-state index is 12.3. The smallest absolute Gasteiger partial charge is 0.279 e. The van der Waals surface area contributed by atoms with Gasteiger partial charge in [-0.2, -0.15) is 0 Å². The van der Waals surface area contributed by atoms with Gasteiger partial charge in [0.1, 0.15) is 0 Å². The van der Waals surface area contributed by atoms with Gasteiger partial charge in [0.25, 0.3) is 11.8 Å². The second-order valence-electron chi connectivity index (χ2n) is 5.89. The van der Waals surface area contributed by atoms with Gasteiger partial charge in [-0.25, -0.2) is 0 Å². The van der Waals surface area contributed by atoms with Gasteiger partial charge in [-0.3, -0.25) is 9.59 Å². The van der Waals surface area contributed by atoms with Crippen molar-refractivity contribution in [3.05, 3.63) is 24.3 Å². The fourth-order valence-corrected chi connectivity index (χ4v) is 3.01. The number of benzene rings is 1. The molecule has 0 fully saturated rings. The molecule has 5 nitrogen and oxygen atoms in total. The van der Waals surface area contributed by atoms with Crippen molar-refractivity contribution in [1.29, 1.82) is 0 Å². The van der Waals surface area contributed by atoms with Crippen LogP contribution in [0.3, 0.4) is 0 Å². The van der Waals surface area contributed by atoms with Gasteiger partial charge in [0.2, 0.25) is 0 Å². The zero-order valence-electron chi connectivity index (χ0n) is 15.2. The summed E-state index contributed by atoms with van der Waals surface area (Å²) in [4.78, 5) is 28.3. The van der Waals surface area contributed by atoms with E-state index in [-0.39, 0.29) is 18.4 Å². The van der Waals surface area contributed by atoms with Crippen LogP contribution in [-0.4, -0.2) is 56.2 Å². The molecule has 0 heterocycles. The molecule has 0 spiro atoms. The topological polar surface area (TPSA) is 53.9 Å². The number of hydrogen-bond donors (Lipinski definition) is 2. The molecule has 2 amide bonds. The number of nitrogens with one attached hydrogen (secondary N) is 2. The van der Waals surface area contributed by atoms with Crippen molar-refractivity contribution in [2.24, 2.45) is 0 Å². The van der Waals surface area contributed by atoms with Crippen LogP contribution in [0.25, 0.3) is 0 Å². The van der Waals surface area contributed by atoms with E-state index in [0.717, 1.165) is 41.4 Å². The van der Waals surface area contributed by atoms with Crippen molar-refractivity contribution >= 4 is 29.3 Å². The van der Waals surface area contributed by atoms with Gasteiger partial charge in [0.15, 0.2) is 13.1 Å². The Bertz CT molecular complexity index is 537. The number of hydrogen-bond acceptors (Lipinski definition) is 3. The largest absolute Gasteiger partial charge is 0.338 e. The first kappa shape index (κ1) is 20.5. The molecule has 0 aliphatic heterocycles. The molecule has 1 atom stereocenters. The fourth-order valence-electron chi connectivity index (χ4n) is 2.46. The highest BCUT2D eigenvalue weighted by molar-refractivity contribution is 7.98. The predicted molar refractivity (Wildman–Crippen MR) is 101 cm³/mol. The molecule has 1 aromatic rings. The first-order chi connectivity index (χ1) is 11.5. The van der Waals surface area contributed by atoms with Crippen LogP contribution in [0.1, 0.15) is 26.7 Å². The van der Waals surface area contributed by atoms with Crippen LogP contribution in [0.2, 0.25) is 0 Å². The Morgan fingerprint density at radius 3 is 2.54 bits per heavy atom. The van der Waals surface area contributed by atoms with E-state index in [2.05, 4.69) is 12.2 Å². The number of anilines is 1. The molecule has 24 heavy (non-hydrogen) atoms. The summed E-state index contributed by atoms with van der Waals surface area (Å²) in [7, 11) is 1.88. The maximum absolute atomic E-state index is 12.3. The van der Waals surface area contributed by atoms with Crippen molar-refractivity contribution in [2.45, 2.75) is 31.6 Å². The fraction of sp³-hybridized carbons (Fsp3) is 0.556. The lowest BCUT2D eigenvalue weighted by molar-refractivity contribution is -0.862. The van der Waals surface area contributed by atoms with Crippen LogP contribution >= 0.6 is 11.8 Å². The normalized spacial score (nSPS) is 11.8. The van der Waals surface area contributed by atoms with Gasteiger partial charge in [-0.05, 0) is 31.7 Å². The Kier molecular flexibility index (Phi) is 9.49. The Balaban J connectivity index is 2.50. The molecule has 1 aromatic carbocycles. The number of rotatable bonds is 10. The molecule has 2 N–H and O–H groups in total. The number of nitrogens with zero attached hydrogens (tertiary/aromatic N) is 1. The SMILES string of the molecule is CCCCN(CC)C(=O)C[NH+](C)CC(=O)Nc1ccccc1SC. The summed E-state index contributed by atoms with van der Waals surface area (Å²) in [5.74, 6) is 0.0409. The molecular formula is C18H30N3O2S+. The summed E-state index contributed by atoms with van der Waals surface area (Å²) in [6.45, 7) is 6.25. The lowest BCUT2D eigenvalue weighted by Gasteiger charge is -2.22. The second-order valence-corrected chi connectivity index (χ2v) is 6.73. The van der Waals surface area contributed by atoms with Crippen molar-refractivity contribution in [1.82, 2.24) is 4.90 Å². The van der Waals surface area contributed by atoms with E-state index < -0.39 is 0 Å². The van der Waals surface area contributed by atoms with Crippen LogP contribution in [0.4, 0.5) is 5.69 Å². The Hall–Kier alpha value is -1.53. The van der Waals surface area contributed by atoms with E-state index in [0.29, 0.717) is 6.54 Å². The van der Waals surface area contributed by atoms with Gasteiger partial charge in [0, 0.05) is 18.0 Å². The zero-order chi connectivity index (χ0) is 17.9. The maximum Gasteiger partial charge on any atom is 0.279 e. The molecule has 0 saturated heterocycles.